The highest BCUT2D eigenvalue weighted by molar-refractivity contribution is 5.87. The van der Waals surface area contributed by atoms with Gasteiger partial charge in [0.1, 0.15) is 12.3 Å². The molecule has 2 heterocycles. The van der Waals surface area contributed by atoms with Gasteiger partial charge in [-0.25, -0.2) is 4.79 Å². The molecule has 0 aromatic carbocycles. The number of nitrogens with zero attached hydrogens (tertiary/aromatic N) is 1. The number of rotatable bonds is 2. The summed E-state index contributed by atoms with van der Waals surface area (Å²) in [5, 5.41) is 0. The lowest BCUT2D eigenvalue weighted by Crippen LogP contribution is -2.33. The van der Waals surface area contributed by atoms with Crippen molar-refractivity contribution in [2.24, 2.45) is 7.05 Å². The molecule has 0 spiro atoms. The number of aromatic nitrogens is 1. The van der Waals surface area contributed by atoms with Gasteiger partial charge < -0.3 is 18.8 Å². The van der Waals surface area contributed by atoms with Crippen LogP contribution in [0.1, 0.15) is 10.5 Å². The second-order valence-corrected chi connectivity index (χ2v) is 3.28. The largest absolute Gasteiger partial charge is 0.429 e. The van der Waals surface area contributed by atoms with E-state index in [-0.39, 0.29) is 0 Å². The van der Waals surface area contributed by atoms with Gasteiger partial charge in [0.2, 0.25) is 6.29 Å². The summed E-state index contributed by atoms with van der Waals surface area (Å²) in [7, 11) is 1.79. The fraction of sp³-hybridized carbons (Fsp3) is 0.500. The van der Waals surface area contributed by atoms with Crippen LogP contribution in [-0.4, -0.2) is 36.6 Å². The molecule has 1 aliphatic heterocycles. The van der Waals surface area contributed by atoms with Crippen molar-refractivity contribution in [1.29, 1.82) is 0 Å². The van der Waals surface area contributed by atoms with Crippen LogP contribution in [0.2, 0.25) is 0 Å². The molecule has 1 unspecified atom stereocenters. The molecule has 1 aromatic heterocycles. The monoisotopic (exact) mass is 211 g/mol. The van der Waals surface area contributed by atoms with Gasteiger partial charge >= 0.3 is 5.97 Å². The normalized spacial score (nSPS) is 21.3. The molecule has 2 rings (SSSR count). The fourth-order valence-electron chi connectivity index (χ4n) is 1.39. The highest BCUT2D eigenvalue weighted by Crippen LogP contribution is 2.08. The molecule has 0 N–H and O–H groups in total. The zero-order valence-corrected chi connectivity index (χ0v) is 8.51. The van der Waals surface area contributed by atoms with E-state index in [2.05, 4.69) is 0 Å². The summed E-state index contributed by atoms with van der Waals surface area (Å²) < 4.78 is 17.1. The van der Waals surface area contributed by atoms with E-state index in [1.807, 2.05) is 0 Å². The van der Waals surface area contributed by atoms with Crippen LogP contribution in [-0.2, 0) is 21.3 Å². The smallest absolute Gasteiger partial charge is 0.357 e. The summed E-state index contributed by atoms with van der Waals surface area (Å²) in [4.78, 5) is 11.6. The van der Waals surface area contributed by atoms with Crippen molar-refractivity contribution >= 4 is 5.97 Å². The summed E-state index contributed by atoms with van der Waals surface area (Å²) in [6.45, 7) is 1.32. The molecule has 1 aliphatic rings. The van der Waals surface area contributed by atoms with E-state index in [4.69, 9.17) is 14.2 Å². The number of hydrogen-bond acceptors (Lipinski definition) is 4. The summed E-state index contributed by atoms with van der Waals surface area (Å²) >= 11 is 0. The Kier molecular flexibility index (Phi) is 3.03. The van der Waals surface area contributed by atoms with Crippen LogP contribution in [0.15, 0.2) is 18.3 Å². The quantitative estimate of drug-likeness (QED) is 0.670. The van der Waals surface area contributed by atoms with Crippen molar-refractivity contribution in [3.63, 3.8) is 0 Å². The number of carbonyl (C=O) groups excluding carboxylic acids is 1. The van der Waals surface area contributed by atoms with Crippen molar-refractivity contribution in [3.05, 3.63) is 24.0 Å². The molecule has 0 amide bonds. The Hall–Kier alpha value is -1.33. The van der Waals surface area contributed by atoms with Gasteiger partial charge in [0.25, 0.3) is 0 Å². The third-order valence-electron chi connectivity index (χ3n) is 2.18. The number of carbonyl (C=O) groups is 1. The highest BCUT2D eigenvalue weighted by atomic mass is 16.7. The Bertz CT molecular complexity index is 341. The van der Waals surface area contributed by atoms with E-state index in [1.165, 1.54) is 0 Å². The maximum atomic E-state index is 11.6. The minimum Gasteiger partial charge on any atom is -0.429 e. The number of esters is 1. The highest BCUT2D eigenvalue weighted by Gasteiger charge is 2.20. The maximum Gasteiger partial charge on any atom is 0.357 e. The lowest BCUT2D eigenvalue weighted by Gasteiger charge is -2.22. The van der Waals surface area contributed by atoms with E-state index >= 15 is 0 Å². The molecule has 0 bridgehead atoms. The molecular weight excluding hydrogens is 198 g/mol. The van der Waals surface area contributed by atoms with Gasteiger partial charge in [0.05, 0.1) is 13.2 Å². The van der Waals surface area contributed by atoms with Crippen LogP contribution in [0.5, 0.6) is 0 Å². The lowest BCUT2D eigenvalue weighted by atomic mass is 10.4. The standard InChI is InChI=1S/C10H13NO4/c1-11-4-2-3-8(11)10(12)15-9-7-13-5-6-14-9/h2-4,9H,5-7H2,1H3. The van der Waals surface area contributed by atoms with E-state index in [1.54, 1.807) is 29.9 Å². The van der Waals surface area contributed by atoms with Crippen LogP contribution in [0.4, 0.5) is 0 Å². The molecular formula is C10H13NO4. The average Bonchev–Trinajstić information content (AvgIpc) is 2.66. The Balaban J connectivity index is 1.94. The molecule has 0 saturated carbocycles. The molecule has 5 heteroatoms. The van der Waals surface area contributed by atoms with Gasteiger partial charge in [0.15, 0.2) is 0 Å². The van der Waals surface area contributed by atoms with Crippen molar-refractivity contribution < 1.29 is 19.0 Å². The van der Waals surface area contributed by atoms with Gasteiger partial charge in [0, 0.05) is 13.2 Å². The first kappa shape index (κ1) is 10.2. The second kappa shape index (κ2) is 4.46. The Labute approximate surface area is 87.5 Å². The summed E-state index contributed by atoms with van der Waals surface area (Å²) in [6, 6.07) is 3.49. The zero-order chi connectivity index (χ0) is 10.7. The molecule has 82 valence electrons. The summed E-state index contributed by atoms with van der Waals surface area (Å²) in [6.07, 6.45) is 1.20. The zero-order valence-electron chi connectivity index (χ0n) is 8.51. The van der Waals surface area contributed by atoms with Crippen molar-refractivity contribution in [1.82, 2.24) is 4.57 Å². The van der Waals surface area contributed by atoms with E-state index in [9.17, 15) is 4.79 Å². The van der Waals surface area contributed by atoms with Crippen molar-refractivity contribution in [3.8, 4) is 0 Å². The topological polar surface area (TPSA) is 49.7 Å². The number of hydrogen-bond donors (Lipinski definition) is 0. The molecule has 0 radical (unpaired) electrons. The molecule has 1 fully saturated rings. The van der Waals surface area contributed by atoms with Gasteiger partial charge in [-0.2, -0.15) is 0 Å². The average molecular weight is 211 g/mol. The summed E-state index contributed by atoms with van der Waals surface area (Å²) in [5.74, 6) is -0.391. The van der Waals surface area contributed by atoms with E-state index < -0.39 is 12.3 Å². The van der Waals surface area contributed by atoms with Gasteiger partial charge in [-0.15, -0.1) is 0 Å². The molecule has 15 heavy (non-hydrogen) atoms. The number of ether oxygens (including phenoxy) is 3. The van der Waals surface area contributed by atoms with Gasteiger partial charge in [-0.1, -0.05) is 0 Å². The van der Waals surface area contributed by atoms with Crippen LogP contribution in [0, 0.1) is 0 Å². The lowest BCUT2D eigenvalue weighted by molar-refractivity contribution is -0.186. The predicted octanol–water partition coefficient (Wildman–Crippen LogP) is 0.555. The SMILES string of the molecule is Cn1cccc1C(=O)OC1COCCO1. The predicted molar refractivity (Wildman–Crippen MR) is 51.4 cm³/mol. The molecule has 1 aromatic rings. The van der Waals surface area contributed by atoms with Crippen LogP contribution in [0.25, 0.3) is 0 Å². The fourth-order valence-corrected chi connectivity index (χ4v) is 1.39. The second-order valence-electron chi connectivity index (χ2n) is 3.28. The van der Waals surface area contributed by atoms with E-state index in [0.29, 0.717) is 25.5 Å². The van der Waals surface area contributed by atoms with Crippen LogP contribution in [0.3, 0.4) is 0 Å². The molecule has 1 saturated heterocycles. The first-order chi connectivity index (χ1) is 7.27. The van der Waals surface area contributed by atoms with Crippen LogP contribution >= 0.6 is 0 Å². The third-order valence-corrected chi connectivity index (χ3v) is 2.18. The molecule has 5 nitrogen and oxygen atoms in total. The third kappa shape index (κ3) is 2.37. The molecule has 0 aliphatic carbocycles. The van der Waals surface area contributed by atoms with Crippen molar-refractivity contribution in [2.75, 3.05) is 19.8 Å². The minimum atomic E-state index is -0.582. The number of aryl methyl sites for hydroxylation is 1. The minimum absolute atomic E-state index is 0.302. The van der Waals surface area contributed by atoms with E-state index in [0.717, 1.165) is 0 Å². The first-order valence-electron chi connectivity index (χ1n) is 4.79. The Morgan fingerprint density at radius 3 is 3.07 bits per heavy atom. The van der Waals surface area contributed by atoms with Gasteiger partial charge in [-0.05, 0) is 12.1 Å². The molecule has 1 atom stereocenters. The van der Waals surface area contributed by atoms with Gasteiger partial charge in [-0.3, -0.25) is 0 Å². The first-order valence-corrected chi connectivity index (χ1v) is 4.79. The maximum absolute atomic E-state index is 11.6. The summed E-state index contributed by atoms with van der Waals surface area (Å²) in [5.41, 5.74) is 0.504. The Morgan fingerprint density at radius 1 is 1.60 bits per heavy atom. The van der Waals surface area contributed by atoms with Crippen molar-refractivity contribution in [2.45, 2.75) is 6.29 Å². The van der Waals surface area contributed by atoms with Crippen LogP contribution < -0.4 is 0 Å². The Morgan fingerprint density at radius 2 is 2.47 bits per heavy atom.